The summed E-state index contributed by atoms with van der Waals surface area (Å²) in [5.41, 5.74) is 9.14. The van der Waals surface area contributed by atoms with E-state index in [0.717, 1.165) is 67.4 Å². The Bertz CT molecular complexity index is 1750. The van der Waals surface area contributed by atoms with Crippen LogP contribution in [0.25, 0.3) is 5.69 Å². The summed E-state index contributed by atoms with van der Waals surface area (Å²) >= 11 is 3.62. The molecule has 3 aromatic rings. The van der Waals surface area contributed by atoms with E-state index in [1.54, 1.807) is 17.4 Å². The number of anilines is 1. The van der Waals surface area contributed by atoms with Crippen molar-refractivity contribution in [1.82, 2.24) is 13.9 Å². The van der Waals surface area contributed by atoms with Gasteiger partial charge in [-0.3, -0.25) is 4.98 Å². The molecule has 9 nitrogen and oxygen atoms in total. The third-order valence-corrected chi connectivity index (χ3v) is 11.0. The van der Waals surface area contributed by atoms with Gasteiger partial charge in [0.1, 0.15) is 5.69 Å². The number of hydrogen-bond acceptors (Lipinski definition) is 7. The molecule has 0 saturated carbocycles. The van der Waals surface area contributed by atoms with Gasteiger partial charge in [0.2, 0.25) is 10.0 Å². The Morgan fingerprint density at radius 2 is 1.90 bits per heavy atom. The molecule has 1 fully saturated rings. The fourth-order valence-electron chi connectivity index (χ4n) is 5.66. The van der Waals surface area contributed by atoms with Crippen LogP contribution in [0.15, 0.2) is 39.9 Å². The molecule has 2 aliphatic rings. The topological polar surface area (TPSA) is 114 Å². The number of aliphatic imine (C=N–C) groups is 1. The highest BCUT2D eigenvalue weighted by Crippen LogP contribution is 2.41. The minimum absolute atomic E-state index is 0.000362. The van der Waals surface area contributed by atoms with Crippen molar-refractivity contribution in [2.75, 3.05) is 30.4 Å². The lowest BCUT2D eigenvalue weighted by Gasteiger charge is -2.18. The van der Waals surface area contributed by atoms with E-state index in [9.17, 15) is 16.8 Å². The molecule has 1 aromatic carbocycles. The SMILES string of the molecule is CCS(=O)(=O)N1CCC(Nc2c(Br)cnc3c2N=C(c2cc(C)n(-c4cccc(CS(C)(=O)=O)c4C)c2C)C3)C1. The molecule has 1 N–H and O–H groups in total. The lowest BCUT2D eigenvalue weighted by molar-refractivity contribution is 0.475. The van der Waals surface area contributed by atoms with Crippen LogP contribution in [0.4, 0.5) is 11.4 Å². The molecule has 2 aromatic heterocycles. The van der Waals surface area contributed by atoms with Gasteiger partial charge in [0.25, 0.3) is 0 Å². The summed E-state index contributed by atoms with van der Waals surface area (Å²) in [6.45, 7) is 8.66. The first-order valence-corrected chi connectivity index (χ1v) is 17.7. The first kappa shape index (κ1) is 29.0. The molecule has 0 radical (unpaired) electrons. The predicted octanol–water partition coefficient (Wildman–Crippen LogP) is 4.62. The number of hydrogen-bond donors (Lipinski definition) is 1. The minimum atomic E-state index is -3.22. The van der Waals surface area contributed by atoms with Gasteiger partial charge in [-0.25, -0.2) is 21.8 Å². The lowest BCUT2D eigenvalue weighted by atomic mass is 10.1. The summed E-state index contributed by atoms with van der Waals surface area (Å²) in [5, 5.41) is 3.54. The van der Waals surface area contributed by atoms with Gasteiger partial charge >= 0.3 is 0 Å². The smallest absolute Gasteiger partial charge is 0.213 e. The number of aryl methyl sites for hydroxylation is 1. The van der Waals surface area contributed by atoms with Gasteiger partial charge in [-0.1, -0.05) is 12.1 Å². The van der Waals surface area contributed by atoms with Crippen LogP contribution < -0.4 is 5.32 Å². The van der Waals surface area contributed by atoms with Crippen LogP contribution in [0.3, 0.4) is 0 Å². The molecule has 5 rings (SSSR count). The molecule has 0 aliphatic carbocycles. The lowest BCUT2D eigenvalue weighted by Crippen LogP contribution is -2.32. The molecule has 0 spiro atoms. The van der Waals surface area contributed by atoms with Crippen molar-refractivity contribution in [3.8, 4) is 5.69 Å². The van der Waals surface area contributed by atoms with E-state index < -0.39 is 19.9 Å². The van der Waals surface area contributed by atoms with Gasteiger partial charge in [-0.15, -0.1) is 0 Å². The largest absolute Gasteiger partial charge is 0.378 e. The zero-order chi connectivity index (χ0) is 29.0. The van der Waals surface area contributed by atoms with Crippen LogP contribution >= 0.6 is 15.9 Å². The van der Waals surface area contributed by atoms with Crippen LogP contribution in [-0.2, 0) is 32.0 Å². The van der Waals surface area contributed by atoms with Gasteiger partial charge < -0.3 is 9.88 Å². The van der Waals surface area contributed by atoms with Crippen molar-refractivity contribution in [3.63, 3.8) is 0 Å². The molecule has 1 unspecified atom stereocenters. The van der Waals surface area contributed by atoms with Gasteiger partial charge in [-0.2, -0.15) is 4.31 Å². The molecule has 1 saturated heterocycles. The normalized spacial score (nSPS) is 17.8. The Morgan fingerprint density at radius 3 is 2.60 bits per heavy atom. The second kappa shape index (κ2) is 10.7. The molecule has 0 amide bonds. The fraction of sp³-hybridized carbons (Fsp3) is 0.429. The van der Waals surface area contributed by atoms with Gasteiger partial charge in [0, 0.05) is 60.6 Å². The minimum Gasteiger partial charge on any atom is -0.378 e. The number of nitrogens with one attached hydrogen (secondary N) is 1. The standard InChI is InChI=1S/C28H34BrN5O4S2/c1-6-40(37,38)33-11-10-21(15-33)31-27-23(29)14-30-25-13-24(32-28(25)27)22-12-17(2)34(19(22)4)26-9-7-8-20(18(26)3)16-39(5,35)36/h7-9,12,14,21H,6,10-11,13,15-16H2,1-5H3,(H,30,31). The Balaban J connectivity index is 1.47. The van der Waals surface area contributed by atoms with E-state index in [2.05, 4.69) is 43.8 Å². The van der Waals surface area contributed by atoms with E-state index in [1.807, 2.05) is 32.0 Å². The second-order valence-corrected chi connectivity index (χ2v) is 15.9. The second-order valence-electron chi connectivity index (χ2n) is 10.7. The quantitative estimate of drug-likeness (QED) is 0.382. The van der Waals surface area contributed by atoms with E-state index >= 15 is 0 Å². The molecule has 1 atom stereocenters. The van der Waals surface area contributed by atoms with Crippen LogP contribution in [0, 0.1) is 20.8 Å². The molecule has 4 heterocycles. The molecule has 2 aliphatic heterocycles. The monoisotopic (exact) mass is 647 g/mol. The Hall–Kier alpha value is -2.54. The molecular formula is C28H34BrN5O4S2. The van der Waals surface area contributed by atoms with Gasteiger partial charge in [0.15, 0.2) is 9.84 Å². The van der Waals surface area contributed by atoms with E-state index in [1.165, 1.54) is 6.26 Å². The highest BCUT2D eigenvalue weighted by atomic mass is 79.9. The first-order valence-electron chi connectivity index (χ1n) is 13.2. The summed E-state index contributed by atoms with van der Waals surface area (Å²) in [4.78, 5) is 9.69. The predicted molar refractivity (Wildman–Crippen MR) is 163 cm³/mol. The number of fused-ring (bicyclic) bond motifs is 1. The van der Waals surface area contributed by atoms with Crippen LogP contribution in [-0.4, -0.2) is 67.5 Å². The Labute approximate surface area is 244 Å². The van der Waals surface area contributed by atoms with E-state index in [4.69, 9.17) is 4.99 Å². The number of nitrogens with zero attached hydrogens (tertiary/aromatic N) is 4. The molecule has 40 heavy (non-hydrogen) atoms. The molecule has 0 bridgehead atoms. The van der Waals surface area contributed by atoms with Crippen molar-refractivity contribution in [2.45, 2.75) is 52.3 Å². The Kier molecular flexibility index (Phi) is 7.75. The number of halogens is 1. The Morgan fingerprint density at radius 1 is 1.15 bits per heavy atom. The number of pyridine rings is 1. The number of aromatic nitrogens is 2. The summed E-state index contributed by atoms with van der Waals surface area (Å²) < 4.78 is 53.2. The maximum absolute atomic E-state index is 12.3. The van der Waals surface area contributed by atoms with Crippen LogP contribution in [0.1, 0.15) is 47.1 Å². The zero-order valence-corrected chi connectivity index (χ0v) is 26.5. The van der Waals surface area contributed by atoms with Crippen molar-refractivity contribution >= 4 is 52.9 Å². The zero-order valence-electron chi connectivity index (χ0n) is 23.3. The summed E-state index contributed by atoms with van der Waals surface area (Å²) in [6.07, 6.45) is 4.33. The van der Waals surface area contributed by atoms with E-state index in [-0.39, 0.29) is 17.5 Å². The third kappa shape index (κ3) is 5.50. The molecule has 214 valence electrons. The maximum Gasteiger partial charge on any atom is 0.213 e. The van der Waals surface area contributed by atoms with Crippen molar-refractivity contribution in [3.05, 3.63) is 68.7 Å². The average Bonchev–Trinajstić information content (AvgIpc) is 3.59. The average molecular weight is 649 g/mol. The number of rotatable bonds is 8. The summed E-state index contributed by atoms with van der Waals surface area (Å²) in [7, 11) is -6.39. The summed E-state index contributed by atoms with van der Waals surface area (Å²) in [5.74, 6) is 0.0992. The highest BCUT2D eigenvalue weighted by Gasteiger charge is 2.32. The van der Waals surface area contributed by atoms with Gasteiger partial charge in [-0.05, 0) is 73.3 Å². The maximum atomic E-state index is 12.3. The van der Waals surface area contributed by atoms with E-state index in [0.29, 0.717) is 19.5 Å². The van der Waals surface area contributed by atoms with Crippen LogP contribution in [0.2, 0.25) is 0 Å². The van der Waals surface area contributed by atoms with Gasteiger partial charge in [0.05, 0.1) is 33.1 Å². The summed E-state index contributed by atoms with van der Waals surface area (Å²) in [6, 6.07) is 7.89. The van der Waals surface area contributed by atoms with Crippen LogP contribution in [0.5, 0.6) is 0 Å². The fourth-order valence-corrected chi connectivity index (χ4v) is 8.09. The molecule has 12 heteroatoms. The number of benzene rings is 1. The number of sulfonamides is 1. The molecular weight excluding hydrogens is 614 g/mol. The first-order chi connectivity index (χ1) is 18.8. The van der Waals surface area contributed by atoms with Crippen molar-refractivity contribution in [1.29, 1.82) is 0 Å². The van der Waals surface area contributed by atoms with Crippen molar-refractivity contribution in [2.24, 2.45) is 4.99 Å². The highest BCUT2D eigenvalue weighted by molar-refractivity contribution is 9.10. The number of sulfone groups is 1. The third-order valence-electron chi connectivity index (χ3n) is 7.74. The van der Waals surface area contributed by atoms with Crippen molar-refractivity contribution < 1.29 is 16.8 Å².